The van der Waals surface area contributed by atoms with E-state index in [-0.39, 0.29) is 131 Å². The monoisotopic (exact) mass is 611 g/mol. The van der Waals surface area contributed by atoms with E-state index < -0.39 is 35.8 Å². The van der Waals surface area contributed by atoms with Crippen molar-refractivity contribution < 1.29 is 64.9 Å². The van der Waals surface area contributed by atoms with E-state index in [1.165, 1.54) is 72.8 Å². The molecular weight excluding hydrogens is 593 g/mol. The van der Waals surface area contributed by atoms with Gasteiger partial charge in [-0.05, 0) is 72.8 Å². The van der Waals surface area contributed by atoms with Gasteiger partial charge < -0.3 is 36.1 Å². The second-order valence-electron chi connectivity index (χ2n) is 6.56. The average Bonchev–Trinajstić information content (AvgIpc) is 2.84. The Morgan fingerprint density at radius 3 is 0.415 bits per heavy atom. The van der Waals surface area contributed by atoms with Crippen molar-refractivity contribution in [3.8, 4) is 0 Å². The van der Waals surface area contributed by atoms with E-state index in [4.69, 9.17) is 30.6 Å². The third-order valence-electron chi connectivity index (χ3n) is 4.14. The van der Waals surface area contributed by atoms with E-state index in [2.05, 4.69) is 0 Å². The Morgan fingerprint density at radius 1 is 0.293 bits per heavy atom. The number of rotatable bonds is 6. The molecule has 0 amide bonds. The van der Waals surface area contributed by atoms with Gasteiger partial charge in [-0.15, -0.1) is 0 Å². The average molecular weight is 613 g/mol. The van der Waals surface area contributed by atoms with Crippen molar-refractivity contribution in [2.24, 2.45) is 0 Å². The topological polar surface area (TPSA) is 254 Å². The summed E-state index contributed by atoms with van der Waals surface area (Å²) >= 11 is 0. The van der Waals surface area contributed by atoms with Crippen LogP contribution in [0.2, 0.25) is 0 Å². The third-order valence-corrected chi connectivity index (χ3v) is 4.14. The molecule has 0 aromatic heterocycles. The Balaban J connectivity index is -0.000000149. The summed E-state index contributed by atoms with van der Waals surface area (Å²) in [6.45, 7) is 0. The molecule has 0 aliphatic heterocycles. The predicted octanol–water partition coefficient (Wildman–Crippen LogP) is 1.55. The zero-order chi connectivity index (χ0) is 27.4. The number of carboxylic acids is 6. The fourth-order valence-corrected chi connectivity index (χ4v) is 2.27. The van der Waals surface area contributed by atoms with E-state index >= 15 is 0 Å². The third kappa shape index (κ3) is 17.8. The number of benzene rings is 3. The first-order valence-electron chi connectivity index (χ1n) is 9.53. The van der Waals surface area contributed by atoms with Gasteiger partial charge in [0.15, 0.2) is 0 Å². The van der Waals surface area contributed by atoms with Gasteiger partial charge in [0.1, 0.15) is 0 Å². The zero-order valence-corrected chi connectivity index (χ0v) is 27.0. The van der Waals surface area contributed by atoms with Crippen LogP contribution in [0.25, 0.3) is 0 Å². The maximum Gasteiger partial charge on any atom is 2.00 e. The minimum absolute atomic E-state index is 0. The largest absolute Gasteiger partial charge is 2.00 e. The molecule has 3 aromatic carbocycles. The fraction of sp³-hybridized carbons (Fsp3) is 0. The molecular formula is C24H19Mg4O13+7. The van der Waals surface area contributed by atoms with Gasteiger partial charge in [-0.25, -0.2) is 28.8 Å². The van der Waals surface area contributed by atoms with Crippen molar-refractivity contribution >= 4 is 128 Å². The molecule has 0 saturated heterocycles. The number of carbonyl (C=O) groups is 6. The summed E-state index contributed by atoms with van der Waals surface area (Å²) in [5, 5.41) is 50.8. The maximum atomic E-state index is 10.3. The quantitative estimate of drug-likeness (QED) is 0.216. The van der Waals surface area contributed by atoms with Crippen LogP contribution in [0.1, 0.15) is 62.1 Å². The molecule has 0 atom stereocenters. The Kier molecular flexibility index (Phi) is 28.4. The van der Waals surface area contributed by atoms with Gasteiger partial charge in [-0.3, -0.25) is 0 Å². The van der Waals surface area contributed by atoms with Crippen LogP contribution in [0.3, 0.4) is 0 Å². The summed E-state index contributed by atoms with van der Waals surface area (Å²) in [7, 11) is 0. The molecule has 0 spiro atoms. The Labute approximate surface area is 296 Å². The van der Waals surface area contributed by atoms with Gasteiger partial charge >= 0.3 is 128 Å². The van der Waals surface area contributed by atoms with Crippen LogP contribution in [0.15, 0.2) is 72.8 Å². The minimum atomic E-state index is -1.06. The molecule has 0 unspecified atom stereocenters. The molecule has 194 valence electrons. The van der Waals surface area contributed by atoms with Gasteiger partial charge in [-0.2, -0.15) is 0 Å². The first kappa shape index (κ1) is 48.2. The van der Waals surface area contributed by atoms with Crippen molar-refractivity contribution in [3.63, 3.8) is 0 Å². The van der Waals surface area contributed by atoms with Crippen LogP contribution in [0, 0.1) is 0 Å². The Bertz CT molecular complexity index is 1020. The summed E-state index contributed by atoms with van der Waals surface area (Å²) in [4.78, 5) is 62.0. The van der Waals surface area contributed by atoms with Crippen molar-refractivity contribution in [2.45, 2.75) is 0 Å². The van der Waals surface area contributed by atoms with Gasteiger partial charge in [0.2, 0.25) is 0 Å². The fourth-order valence-electron chi connectivity index (χ4n) is 2.27. The molecule has 13 nitrogen and oxygen atoms in total. The van der Waals surface area contributed by atoms with Gasteiger partial charge in [0, 0.05) is 0 Å². The second-order valence-corrected chi connectivity index (χ2v) is 6.56. The number of hydrogen-bond acceptors (Lipinski definition) is 7. The Hall–Kier alpha value is -2.50. The molecule has 0 radical (unpaired) electrons. The van der Waals surface area contributed by atoms with E-state index in [0.717, 1.165) is 0 Å². The Morgan fingerprint density at radius 2 is 0.366 bits per heavy atom. The summed E-state index contributed by atoms with van der Waals surface area (Å²) in [5.41, 5.74) is 0.500. The van der Waals surface area contributed by atoms with E-state index in [9.17, 15) is 28.8 Å². The molecule has 3 rings (SSSR count). The smallest absolute Gasteiger partial charge is 0.870 e. The molecule has 0 heterocycles. The summed E-state index contributed by atoms with van der Waals surface area (Å²) in [6, 6.07) is 15.1. The number of hydrogen-bond donors (Lipinski definition) is 6. The van der Waals surface area contributed by atoms with Crippen molar-refractivity contribution in [1.29, 1.82) is 0 Å². The first-order chi connectivity index (χ1) is 16.8. The summed E-state index contributed by atoms with van der Waals surface area (Å²) in [6.07, 6.45) is 0. The van der Waals surface area contributed by atoms with Crippen LogP contribution in [-0.4, -0.2) is 164 Å². The summed E-state index contributed by atoms with van der Waals surface area (Å²) < 4.78 is 0. The van der Waals surface area contributed by atoms with E-state index in [1.54, 1.807) is 0 Å². The van der Waals surface area contributed by atoms with Gasteiger partial charge in [0.05, 0.1) is 33.4 Å². The predicted molar refractivity (Wildman–Crippen MR) is 146 cm³/mol. The number of aromatic carboxylic acids is 6. The molecule has 0 aliphatic carbocycles. The standard InChI is InChI=1S/3C8H6O4.4Mg.H2O/c3*9-7(10)5-1-2-6(4-3-5)8(11)12;;;;;/h3*1-4H,(H,9,10)(H,11,12);;;;;1H2/q;;;4*+2;/p-1. The summed E-state index contributed by atoms with van der Waals surface area (Å²) in [5.74, 6) is -6.38. The molecule has 0 aliphatic rings. The van der Waals surface area contributed by atoms with Crippen LogP contribution in [0.5, 0.6) is 0 Å². The van der Waals surface area contributed by atoms with Crippen LogP contribution >= 0.6 is 0 Å². The van der Waals surface area contributed by atoms with Crippen molar-refractivity contribution in [2.75, 3.05) is 0 Å². The molecule has 41 heavy (non-hydrogen) atoms. The zero-order valence-electron chi connectivity index (χ0n) is 21.3. The molecule has 0 fully saturated rings. The second kappa shape index (κ2) is 24.1. The normalized spacial score (nSPS) is 8.20. The minimum Gasteiger partial charge on any atom is -0.870 e. The van der Waals surface area contributed by atoms with Crippen LogP contribution in [-0.2, 0) is 0 Å². The molecule has 3 aromatic rings. The first-order valence-corrected chi connectivity index (χ1v) is 9.53. The van der Waals surface area contributed by atoms with Crippen LogP contribution < -0.4 is 0 Å². The molecule has 7 N–H and O–H groups in total. The molecule has 0 bridgehead atoms. The maximum absolute atomic E-state index is 10.3. The van der Waals surface area contributed by atoms with Gasteiger partial charge in [0.25, 0.3) is 0 Å². The molecule has 0 saturated carbocycles. The van der Waals surface area contributed by atoms with Crippen LogP contribution in [0.4, 0.5) is 0 Å². The van der Waals surface area contributed by atoms with E-state index in [0.29, 0.717) is 0 Å². The number of carboxylic acid groups (broad SMARTS) is 6. The molecule has 17 heteroatoms. The SMILES string of the molecule is O=C(O)c1ccc(C(=O)O)cc1.O=C(O)c1ccc(C(=O)O)cc1.O=C(O)c1ccc(C(=O)O)cc1.[Mg+2].[Mg+2].[Mg+2].[Mg+2].[OH-]. The van der Waals surface area contributed by atoms with Gasteiger partial charge in [-0.1, -0.05) is 0 Å². The van der Waals surface area contributed by atoms with E-state index in [1.807, 2.05) is 0 Å². The van der Waals surface area contributed by atoms with Crippen molar-refractivity contribution in [3.05, 3.63) is 106 Å². The van der Waals surface area contributed by atoms with Crippen molar-refractivity contribution in [1.82, 2.24) is 0 Å².